The summed E-state index contributed by atoms with van der Waals surface area (Å²) in [7, 11) is 0. The molecule has 2 rings (SSSR count). The number of benzene rings is 1. The van der Waals surface area contributed by atoms with Gasteiger partial charge in [0.25, 0.3) is 0 Å². The Morgan fingerprint density at radius 3 is 2.42 bits per heavy atom. The highest BCUT2D eigenvalue weighted by molar-refractivity contribution is 5.35. The van der Waals surface area contributed by atoms with Gasteiger partial charge in [0.2, 0.25) is 0 Å². The third-order valence-corrected chi connectivity index (χ3v) is 2.68. The Labute approximate surface area is 113 Å². The fourth-order valence-corrected chi connectivity index (χ4v) is 1.96. The molecule has 100 valence electrons. The lowest BCUT2D eigenvalue weighted by molar-refractivity contribution is 0.432. The second-order valence-corrected chi connectivity index (χ2v) is 4.82. The van der Waals surface area contributed by atoms with Gasteiger partial charge in [0.15, 0.2) is 0 Å². The highest BCUT2D eigenvalue weighted by Crippen LogP contribution is 2.24. The molecular weight excluding hydrogens is 238 g/mol. The molecule has 4 heteroatoms. The van der Waals surface area contributed by atoms with Crippen molar-refractivity contribution in [2.45, 2.75) is 33.2 Å². The van der Waals surface area contributed by atoms with Crippen LogP contribution in [0.3, 0.4) is 0 Å². The summed E-state index contributed by atoms with van der Waals surface area (Å²) < 4.78 is 5.79. The molecule has 1 heterocycles. The first-order valence-electron chi connectivity index (χ1n) is 6.38. The second-order valence-electron chi connectivity index (χ2n) is 4.82. The molecule has 0 saturated carbocycles. The Hall–Kier alpha value is -1.94. The molecule has 1 unspecified atom stereocenters. The van der Waals surface area contributed by atoms with Crippen molar-refractivity contribution in [3.8, 4) is 11.8 Å². The van der Waals surface area contributed by atoms with Gasteiger partial charge in [0, 0.05) is 17.4 Å². The number of ether oxygens (including phenoxy) is 1. The van der Waals surface area contributed by atoms with Gasteiger partial charge in [-0.2, -0.15) is 0 Å². The van der Waals surface area contributed by atoms with Crippen LogP contribution in [0.1, 0.15) is 23.9 Å². The van der Waals surface area contributed by atoms with Crippen molar-refractivity contribution >= 4 is 0 Å². The molecule has 0 bridgehead atoms. The zero-order valence-electron chi connectivity index (χ0n) is 11.6. The Morgan fingerprint density at radius 2 is 1.79 bits per heavy atom. The van der Waals surface area contributed by atoms with E-state index in [4.69, 9.17) is 10.5 Å². The minimum Gasteiger partial charge on any atom is -0.424 e. The first-order chi connectivity index (χ1) is 9.04. The molecule has 0 radical (unpaired) electrons. The monoisotopic (exact) mass is 257 g/mol. The summed E-state index contributed by atoms with van der Waals surface area (Å²) >= 11 is 0. The summed E-state index contributed by atoms with van der Waals surface area (Å²) in [6.07, 6.45) is 0.765. The lowest BCUT2D eigenvalue weighted by Crippen LogP contribution is -2.18. The van der Waals surface area contributed by atoms with E-state index in [1.807, 2.05) is 51.1 Å². The Morgan fingerprint density at radius 1 is 1.16 bits per heavy atom. The smallest absolute Gasteiger partial charge is 0.322 e. The van der Waals surface area contributed by atoms with Crippen molar-refractivity contribution in [1.29, 1.82) is 0 Å². The van der Waals surface area contributed by atoms with Crippen LogP contribution in [-0.4, -0.2) is 16.0 Å². The number of hydrogen-bond acceptors (Lipinski definition) is 4. The fraction of sp³-hybridized carbons (Fsp3) is 0.333. The second kappa shape index (κ2) is 5.80. The van der Waals surface area contributed by atoms with Crippen LogP contribution in [-0.2, 0) is 6.42 Å². The molecule has 0 aliphatic carbocycles. The molecule has 19 heavy (non-hydrogen) atoms. The molecule has 0 saturated heterocycles. The van der Waals surface area contributed by atoms with Crippen molar-refractivity contribution in [2.24, 2.45) is 5.73 Å². The predicted molar refractivity (Wildman–Crippen MR) is 75.4 cm³/mol. The minimum atomic E-state index is 0.0879. The third-order valence-electron chi connectivity index (χ3n) is 2.68. The lowest BCUT2D eigenvalue weighted by Gasteiger charge is -2.12. The Balaban J connectivity index is 2.27. The number of aromatic nitrogens is 2. The van der Waals surface area contributed by atoms with E-state index < -0.39 is 0 Å². The van der Waals surface area contributed by atoms with E-state index in [0.717, 1.165) is 29.1 Å². The third kappa shape index (κ3) is 3.76. The molecular formula is C15H19N3O. The van der Waals surface area contributed by atoms with Crippen LogP contribution < -0.4 is 10.5 Å². The van der Waals surface area contributed by atoms with Gasteiger partial charge in [-0.3, -0.25) is 0 Å². The summed E-state index contributed by atoms with van der Waals surface area (Å²) in [5.74, 6) is 0.768. The number of nitrogens with zero attached hydrogens (tertiary/aromatic N) is 2. The van der Waals surface area contributed by atoms with Crippen LogP contribution in [0.15, 0.2) is 30.3 Å². The Bertz CT molecular complexity index is 547. The van der Waals surface area contributed by atoms with E-state index >= 15 is 0 Å². The normalized spacial score (nSPS) is 12.2. The average molecular weight is 257 g/mol. The van der Waals surface area contributed by atoms with Crippen molar-refractivity contribution in [1.82, 2.24) is 9.97 Å². The van der Waals surface area contributed by atoms with E-state index in [-0.39, 0.29) is 6.04 Å². The Kier molecular flexibility index (Phi) is 4.12. The molecule has 1 aromatic carbocycles. The van der Waals surface area contributed by atoms with Crippen LogP contribution in [0.25, 0.3) is 0 Å². The van der Waals surface area contributed by atoms with Crippen LogP contribution in [0.4, 0.5) is 0 Å². The maximum Gasteiger partial charge on any atom is 0.322 e. The van der Waals surface area contributed by atoms with Gasteiger partial charge in [-0.1, -0.05) is 18.2 Å². The van der Waals surface area contributed by atoms with Gasteiger partial charge in [-0.15, -0.1) is 0 Å². The molecule has 0 spiro atoms. The SMILES string of the molecule is Cc1cc(C)nc(Oc2ccccc2CC(C)N)n1. The van der Waals surface area contributed by atoms with Gasteiger partial charge in [0.1, 0.15) is 5.75 Å². The summed E-state index contributed by atoms with van der Waals surface area (Å²) in [5, 5.41) is 0. The van der Waals surface area contributed by atoms with Crippen LogP contribution >= 0.6 is 0 Å². The quantitative estimate of drug-likeness (QED) is 0.915. The minimum absolute atomic E-state index is 0.0879. The maximum atomic E-state index is 5.85. The average Bonchev–Trinajstić information content (AvgIpc) is 2.29. The number of aryl methyl sites for hydroxylation is 2. The fourth-order valence-electron chi connectivity index (χ4n) is 1.96. The standard InChI is InChI=1S/C15H19N3O/c1-10(16)8-13-6-4-5-7-14(13)19-15-17-11(2)9-12(3)18-15/h4-7,9-10H,8,16H2,1-3H3. The van der Waals surface area contributed by atoms with Gasteiger partial charge in [0.05, 0.1) is 0 Å². The summed E-state index contributed by atoms with van der Waals surface area (Å²) in [6, 6.07) is 10.2. The molecule has 1 aromatic heterocycles. The number of hydrogen-bond donors (Lipinski definition) is 1. The number of para-hydroxylation sites is 1. The predicted octanol–water partition coefficient (Wildman–Crippen LogP) is 2.78. The van der Waals surface area contributed by atoms with Crippen LogP contribution in [0.5, 0.6) is 11.8 Å². The van der Waals surface area contributed by atoms with E-state index in [9.17, 15) is 0 Å². The van der Waals surface area contributed by atoms with Crippen molar-refractivity contribution in [3.05, 3.63) is 47.3 Å². The van der Waals surface area contributed by atoms with Crippen molar-refractivity contribution < 1.29 is 4.74 Å². The molecule has 0 aliphatic rings. The van der Waals surface area contributed by atoms with Crippen molar-refractivity contribution in [3.63, 3.8) is 0 Å². The number of nitrogens with two attached hydrogens (primary N) is 1. The van der Waals surface area contributed by atoms with Gasteiger partial charge < -0.3 is 10.5 Å². The first kappa shape index (κ1) is 13.5. The van der Waals surface area contributed by atoms with Crippen LogP contribution in [0, 0.1) is 13.8 Å². The van der Waals surface area contributed by atoms with E-state index in [1.54, 1.807) is 0 Å². The summed E-state index contributed by atoms with van der Waals surface area (Å²) in [4.78, 5) is 8.57. The zero-order valence-corrected chi connectivity index (χ0v) is 11.6. The molecule has 2 aromatic rings. The molecule has 0 aliphatic heterocycles. The highest BCUT2D eigenvalue weighted by Gasteiger charge is 2.08. The molecule has 4 nitrogen and oxygen atoms in total. The summed E-state index contributed by atoms with van der Waals surface area (Å²) in [5.41, 5.74) is 8.71. The zero-order chi connectivity index (χ0) is 13.8. The van der Waals surface area contributed by atoms with Gasteiger partial charge in [-0.05, 0) is 44.9 Å². The maximum absolute atomic E-state index is 5.85. The highest BCUT2D eigenvalue weighted by atomic mass is 16.5. The molecule has 2 N–H and O–H groups in total. The van der Waals surface area contributed by atoms with Gasteiger partial charge >= 0.3 is 6.01 Å². The lowest BCUT2D eigenvalue weighted by atomic mass is 10.1. The van der Waals surface area contributed by atoms with Gasteiger partial charge in [-0.25, -0.2) is 9.97 Å². The van der Waals surface area contributed by atoms with Crippen LogP contribution in [0.2, 0.25) is 0 Å². The van der Waals surface area contributed by atoms with E-state index in [0.29, 0.717) is 6.01 Å². The molecule has 0 fully saturated rings. The van der Waals surface area contributed by atoms with E-state index in [2.05, 4.69) is 9.97 Å². The molecule has 1 atom stereocenters. The molecule has 0 amide bonds. The largest absolute Gasteiger partial charge is 0.424 e. The number of rotatable bonds is 4. The summed E-state index contributed by atoms with van der Waals surface area (Å²) in [6.45, 7) is 5.83. The van der Waals surface area contributed by atoms with Crippen molar-refractivity contribution in [2.75, 3.05) is 0 Å². The topological polar surface area (TPSA) is 61.0 Å². The first-order valence-corrected chi connectivity index (χ1v) is 6.38. The van der Waals surface area contributed by atoms with E-state index in [1.165, 1.54) is 0 Å².